The fourth-order valence-corrected chi connectivity index (χ4v) is 3.41. The van der Waals surface area contributed by atoms with Crippen molar-refractivity contribution in [2.45, 2.75) is 38.3 Å². The number of nitrogens with one attached hydrogen (secondary N) is 1. The molecule has 5 nitrogen and oxygen atoms in total. The van der Waals surface area contributed by atoms with Crippen LogP contribution in [0.2, 0.25) is 0 Å². The third-order valence-corrected chi connectivity index (χ3v) is 5.08. The van der Waals surface area contributed by atoms with Gasteiger partial charge in [-0.1, -0.05) is 48.0 Å². The van der Waals surface area contributed by atoms with Gasteiger partial charge in [-0.05, 0) is 37.5 Å². The van der Waals surface area contributed by atoms with E-state index in [1.807, 2.05) is 66.4 Å². The Kier molecular flexibility index (Phi) is 6.24. The van der Waals surface area contributed by atoms with Crippen LogP contribution in [0.25, 0.3) is 0 Å². The number of aryl methyl sites for hydroxylation is 1. The van der Waals surface area contributed by atoms with Crippen molar-refractivity contribution in [1.82, 2.24) is 10.2 Å². The number of piperidine rings is 1. The highest BCUT2D eigenvalue weighted by Crippen LogP contribution is 2.17. The molecule has 1 saturated heterocycles. The topological polar surface area (TPSA) is 75.4 Å². The van der Waals surface area contributed by atoms with Crippen LogP contribution in [0.4, 0.5) is 0 Å². The number of carbonyl (C=O) groups excluding carboxylic acids is 2. The maximum Gasteiger partial charge on any atom is 0.253 e. The van der Waals surface area contributed by atoms with Gasteiger partial charge in [0.2, 0.25) is 5.91 Å². The molecule has 0 saturated carbocycles. The van der Waals surface area contributed by atoms with E-state index in [9.17, 15) is 9.59 Å². The first-order chi connectivity index (χ1) is 13.0. The minimum atomic E-state index is -0.297. The predicted molar refractivity (Wildman–Crippen MR) is 106 cm³/mol. The number of amides is 2. The van der Waals surface area contributed by atoms with Crippen molar-refractivity contribution in [1.29, 1.82) is 0 Å². The minimum absolute atomic E-state index is 0.0327. The van der Waals surface area contributed by atoms with Gasteiger partial charge in [0, 0.05) is 37.2 Å². The summed E-state index contributed by atoms with van der Waals surface area (Å²) >= 11 is 0. The van der Waals surface area contributed by atoms with Gasteiger partial charge in [-0.2, -0.15) is 0 Å². The van der Waals surface area contributed by atoms with E-state index in [1.54, 1.807) is 0 Å². The Labute approximate surface area is 160 Å². The molecule has 1 fully saturated rings. The monoisotopic (exact) mass is 365 g/mol. The summed E-state index contributed by atoms with van der Waals surface area (Å²) in [5.41, 5.74) is 8.95. The van der Waals surface area contributed by atoms with Crippen molar-refractivity contribution in [3.8, 4) is 0 Å². The summed E-state index contributed by atoms with van der Waals surface area (Å²) < 4.78 is 0. The number of likely N-dealkylation sites (tertiary alicyclic amines) is 1. The van der Waals surface area contributed by atoms with Gasteiger partial charge >= 0.3 is 0 Å². The van der Waals surface area contributed by atoms with E-state index in [2.05, 4.69) is 5.32 Å². The van der Waals surface area contributed by atoms with Crippen LogP contribution in [-0.2, 0) is 4.79 Å². The number of hydrogen-bond donors (Lipinski definition) is 2. The van der Waals surface area contributed by atoms with Crippen LogP contribution in [0.1, 0.15) is 46.8 Å². The number of carbonyl (C=O) groups is 2. The van der Waals surface area contributed by atoms with Gasteiger partial charge in [0.05, 0.1) is 0 Å². The molecule has 3 rings (SSSR count). The summed E-state index contributed by atoms with van der Waals surface area (Å²) in [6.45, 7) is 3.32. The SMILES string of the molecule is Cc1ccc(C(=O)N2CCC(NC(=O)CC(N)c3ccccc3)CC2)cc1. The fourth-order valence-electron chi connectivity index (χ4n) is 3.41. The third-order valence-electron chi connectivity index (χ3n) is 5.08. The Balaban J connectivity index is 1.45. The van der Waals surface area contributed by atoms with Crippen molar-refractivity contribution in [3.05, 3.63) is 71.3 Å². The van der Waals surface area contributed by atoms with Gasteiger partial charge in [-0.25, -0.2) is 0 Å². The van der Waals surface area contributed by atoms with Crippen LogP contribution in [0.3, 0.4) is 0 Å². The van der Waals surface area contributed by atoms with Gasteiger partial charge in [0.15, 0.2) is 0 Å². The van der Waals surface area contributed by atoms with Gasteiger partial charge in [-0.15, -0.1) is 0 Å². The molecule has 0 radical (unpaired) electrons. The second-order valence-electron chi connectivity index (χ2n) is 7.22. The maximum absolute atomic E-state index is 12.6. The molecule has 142 valence electrons. The molecule has 2 amide bonds. The third kappa shape index (κ3) is 5.17. The lowest BCUT2D eigenvalue weighted by atomic mass is 10.0. The van der Waals surface area contributed by atoms with Crippen LogP contribution in [-0.4, -0.2) is 35.8 Å². The van der Waals surface area contributed by atoms with E-state index in [0.29, 0.717) is 13.1 Å². The zero-order valence-corrected chi connectivity index (χ0v) is 15.7. The average molecular weight is 365 g/mol. The van der Waals surface area contributed by atoms with Crippen LogP contribution in [0.5, 0.6) is 0 Å². The largest absolute Gasteiger partial charge is 0.353 e. The van der Waals surface area contributed by atoms with Crippen molar-refractivity contribution in [2.75, 3.05) is 13.1 Å². The first kappa shape index (κ1) is 19.1. The van der Waals surface area contributed by atoms with E-state index in [4.69, 9.17) is 5.73 Å². The highest BCUT2D eigenvalue weighted by atomic mass is 16.2. The fraction of sp³-hybridized carbons (Fsp3) is 0.364. The molecule has 1 aliphatic rings. The highest BCUT2D eigenvalue weighted by Gasteiger charge is 2.25. The van der Waals surface area contributed by atoms with Crippen molar-refractivity contribution in [3.63, 3.8) is 0 Å². The Hall–Kier alpha value is -2.66. The highest BCUT2D eigenvalue weighted by molar-refractivity contribution is 5.94. The van der Waals surface area contributed by atoms with Gasteiger partial charge in [0.1, 0.15) is 0 Å². The molecule has 27 heavy (non-hydrogen) atoms. The van der Waals surface area contributed by atoms with Crippen molar-refractivity contribution < 1.29 is 9.59 Å². The van der Waals surface area contributed by atoms with Gasteiger partial charge in [0.25, 0.3) is 5.91 Å². The average Bonchev–Trinajstić information content (AvgIpc) is 2.69. The molecule has 1 heterocycles. The second kappa shape index (κ2) is 8.82. The summed E-state index contributed by atoms with van der Waals surface area (Å²) in [6.07, 6.45) is 1.81. The zero-order chi connectivity index (χ0) is 19.2. The molecule has 0 spiro atoms. The first-order valence-electron chi connectivity index (χ1n) is 9.49. The molecule has 2 aromatic rings. The van der Waals surface area contributed by atoms with Gasteiger partial charge in [-0.3, -0.25) is 9.59 Å². The molecule has 2 aromatic carbocycles. The number of nitrogens with two attached hydrogens (primary N) is 1. The predicted octanol–water partition coefficient (Wildman–Crippen LogP) is 2.81. The molecule has 1 atom stereocenters. The van der Waals surface area contributed by atoms with E-state index in [1.165, 1.54) is 0 Å². The standard InChI is InChI=1S/C22H27N3O2/c1-16-7-9-18(10-8-16)22(27)25-13-11-19(12-14-25)24-21(26)15-20(23)17-5-3-2-4-6-17/h2-10,19-20H,11-15,23H2,1H3,(H,24,26). The van der Waals surface area contributed by atoms with Crippen LogP contribution >= 0.6 is 0 Å². The van der Waals surface area contributed by atoms with E-state index >= 15 is 0 Å². The van der Waals surface area contributed by atoms with Crippen molar-refractivity contribution in [2.24, 2.45) is 5.73 Å². The molecule has 5 heteroatoms. The second-order valence-corrected chi connectivity index (χ2v) is 7.22. The first-order valence-corrected chi connectivity index (χ1v) is 9.49. The lowest BCUT2D eigenvalue weighted by molar-refractivity contribution is -0.122. The Morgan fingerprint density at radius 2 is 1.70 bits per heavy atom. The van der Waals surface area contributed by atoms with Crippen LogP contribution < -0.4 is 11.1 Å². The summed E-state index contributed by atoms with van der Waals surface area (Å²) in [4.78, 5) is 26.7. The number of rotatable bonds is 5. The summed E-state index contributed by atoms with van der Waals surface area (Å²) in [5.74, 6) is 0.0283. The lowest BCUT2D eigenvalue weighted by Gasteiger charge is -2.32. The number of nitrogens with zero attached hydrogens (tertiary/aromatic N) is 1. The zero-order valence-electron chi connectivity index (χ0n) is 15.7. The van der Waals surface area contributed by atoms with Gasteiger partial charge < -0.3 is 16.0 Å². The molecule has 0 aliphatic carbocycles. The summed E-state index contributed by atoms with van der Waals surface area (Å²) in [5, 5.41) is 3.07. The van der Waals surface area contributed by atoms with Crippen molar-refractivity contribution >= 4 is 11.8 Å². The Morgan fingerprint density at radius 3 is 2.33 bits per heavy atom. The summed E-state index contributed by atoms with van der Waals surface area (Å²) in [7, 11) is 0. The molecular weight excluding hydrogens is 338 g/mol. The molecular formula is C22H27N3O2. The molecule has 0 bridgehead atoms. The lowest BCUT2D eigenvalue weighted by Crippen LogP contribution is -2.46. The molecule has 1 unspecified atom stereocenters. The van der Waals surface area contributed by atoms with E-state index in [-0.39, 0.29) is 30.3 Å². The minimum Gasteiger partial charge on any atom is -0.353 e. The number of benzene rings is 2. The Bertz CT molecular complexity index is 766. The molecule has 1 aliphatic heterocycles. The normalized spacial score (nSPS) is 16.0. The number of hydrogen-bond acceptors (Lipinski definition) is 3. The molecule has 0 aromatic heterocycles. The van der Waals surface area contributed by atoms with E-state index < -0.39 is 0 Å². The van der Waals surface area contributed by atoms with E-state index in [0.717, 1.165) is 29.5 Å². The summed E-state index contributed by atoms with van der Waals surface area (Å²) in [6, 6.07) is 17.1. The van der Waals surface area contributed by atoms with Crippen LogP contribution in [0, 0.1) is 6.92 Å². The quantitative estimate of drug-likeness (QED) is 0.855. The maximum atomic E-state index is 12.6. The Morgan fingerprint density at radius 1 is 1.07 bits per heavy atom. The smallest absolute Gasteiger partial charge is 0.253 e. The van der Waals surface area contributed by atoms with Crippen LogP contribution in [0.15, 0.2) is 54.6 Å². The molecule has 3 N–H and O–H groups in total.